The van der Waals surface area contributed by atoms with E-state index in [9.17, 15) is 0 Å². The second-order valence-corrected chi connectivity index (χ2v) is 4.84. The van der Waals surface area contributed by atoms with E-state index in [1.54, 1.807) is 13.3 Å². The molecule has 2 aromatic rings. The van der Waals surface area contributed by atoms with Gasteiger partial charge < -0.3 is 10.2 Å². The minimum atomic E-state index is 0.492. The molecular weight excluding hydrogens is 280 g/mol. The Bertz CT molecular complexity index is 608. The molecule has 0 spiro atoms. The number of hydrogen-bond donors (Lipinski definition) is 2. The van der Waals surface area contributed by atoms with Gasteiger partial charge in [-0.2, -0.15) is 5.10 Å². The maximum Gasteiger partial charge on any atom is 0.186 e. The fourth-order valence-electron chi connectivity index (χ4n) is 1.81. The average Bonchev–Trinajstić information content (AvgIpc) is 2.55. The number of para-hydroxylation sites is 1. The quantitative estimate of drug-likeness (QED) is 0.517. The van der Waals surface area contributed by atoms with E-state index in [0.29, 0.717) is 5.11 Å². The Balaban J connectivity index is 2.03. The smallest absolute Gasteiger partial charge is 0.186 e. The van der Waals surface area contributed by atoms with Gasteiger partial charge in [0.25, 0.3) is 0 Å². The van der Waals surface area contributed by atoms with Crippen molar-refractivity contribution < 1.29 is 0 Å². The van der Waals surface area contributed by atoms with Crippen LogP contribution in [0.25, 0.3) is 0 Å². The van der Waals surface area contributed by atoms with Crippen LogP contribution in [0.1, 0.15) is 5.56 Å². The highest BCUT2D eigenvalue weighted by Crippen LogP contribution is 2.22. The molecule has 0 saturated carbocycles. The molecule has 0 radical (unpaired) electrons. The Morgan fingerprint density at radius 2 is 1.67 bits per heavy atom. The molecule has 0 atom stereocenters. The van der Waals surface area contributed by atoms with Gasteiger partial charge in [-0.05, 0) is 42.0 Å². The van der Waals surface area contributed by atoms with Gasteiger partial charge in [-0.25, -0.2) is 0 Å². The van der Waals surface area contributed by atoms with E-state index in [0.717, 1.165) is 16.9 Å². The number of rotatable bonds is 4. The van der Waals surface area contributed by atoms with Crippen LogP contribution >= 0.6 is 12.2 Å². The standard InChI is InChI=1S/C16H18N4S/c1-17-16(21)19-18-12-13-8-10-15(11-9-13)20(2)14-6-4-3-5-7-14/h3-12H,1-2H3,(H2,17,19,21)/b18-12+. The van der Waals surface area contributed by atoms with Crippen LogP contribution in [0.15, 0.2) is 59.7 Å². The molecule has 2 aromatic carbocycles. The Labute approximate surface area is 130 Å². The minimum Gasteiger partial charge on any atom is -0.364 e. The van der Waals surface area contributed by atoms with Gasteiger partial charge in [0.2, 0.25) is 0 Å². The van der Waals surface area contributed by atoms with Crippen LogP contribution in [0, 0.1) is 0 Å². The van der Waals surface area contributed by atoms with Gasteiger partial charge in [-0.1, -0.05) is 30.3 Å². The lowest BCUT2D eigenvalue weighted by Gasteiger charge is -2.19. The van der Waals surface area contributed by atoms with Crippen molar-refractivity contribution in [3.8, 4) is 0 Å². The highest BCUT2D eigenvalue weighted by molar-refractivity contribution is 7.80. The van der Waals surface area contributed by atoms with E-state index in [-0.39, 0.29) is 0 Å². The van der Waals surface area contributed by atoms with E-state index in [4.69, 9.17) is 12.2 Å². The maximum atomic E-state index is 4.94. The molecule has 0 aromatic heterocycles. The molecule has 4 nitrogen and oxygen atoms in total. The molecule has 21 heavy (non-hydrogen) atoms. The molecule has 0 aliphatic carbocycles. The van der Waals surface area contributed by atoms with Crippen molar-refractivity contribution in [1.82, 2.24) is 10.7 Å². The topological polar surface area (TPSA) is 39.7 Å². The molecule has 0 bridgehead atoms. The third-order valence-corrected chi connectivity index (χ3v) is 3.33. The summed E-state index contributed by atoms with van der Waals surface area (Å²) in [5.74, 6) is 0. The second kappa shape index (κ2) is 7.40. The van der Waals surface area contributed by atoms with Crippen LogP contribution in [0.5, 0.6) is 0 Å². The SMILES string of the molecule is CNC(=S)N/N=C/c1ccc(N(C)c2ccccc2)cc1. The van der Waals surface area contributed by atoms with E-state index in [1.807, 2.05) is 37.4 Å². The van der Waals surface area contributed by atoms with Gasteiger partial charge >= 0.3 is 0 Å². The number of hydrazone groups is 1. The fourth-order valence-corrected chi connectivity index (χ4v) is 1.86. The summed E-state index contributed by atoms with van der Waals surface area (Å²) in [6.07, 6.45) is 1.73. The summed E-state index contributed by atoms with van der Waals surface area (Å²) >= 11 is 4.94. The van der Waals surface area contributed by atoms with Crippen molar-refractivity contribution in [2.75, 3.05) is 19.0 Å². The number of nitrogens with zero attached hydrogens (tertiary/aromatic N) is 2. The summed E-state index contributed by atoms with van der Waals surface area (Å²) in [6.45, 7) is 0. The Hall–Kier alpha value is -2.40. The highest BCUT2D eigenvalue weighted by Gasteiger charge is 2.02. The van der Waals surface area contributed by atoms with Crippen molar-refractivity contribution in [3.05, 3.63) is 60.2 Å². The minimum absolute atomic E-state index is 0.492. The lowest BCUT2D eigenvalue weighted by molar-refractivity contribution is 0.982. The molecule has 2 N–H and O–H groups in total. The molecule has 0 unspecified atom stereocenters. The second-order valence-electron chi connectivity index (χ2n) is 4.44. The van der Waals surface area contributed by atoms with Gasteiger partial charge in [-0.3, -0.25) is 5.43 Å². The number of nitrogens with one attached hydrogen (secondary N) is 2. The van der Waals surface area contributed by atoms with E-state index >= 15 is 0 Å². The molecule has 108 valence electrons. The molecule has 0 heterocycles. The zero-order chi connectivity index (χ0) is 15.1. The third-order valence-electron chi connectivity index (χ3n) is 3.03. The van der Waals surface area contributed by atoms with Crippen molar-refractivity contribution in [2.24, 2.45) is 5.10 Å². The van der Waals surface area contributed by atoms with Crippen LogP contribution in [0.4, 0.5) is 11.4 Å². The first-order valence-corrected chi connectivity index (χ1v) is 7.01. The number of thiocarbonyl (C=S) groups is 1. The summed E-state index contributed by atoms with van der Waals surface area (Å²) in [5.41, 5.74) is 6.00. The number of anilines is 2. The zero-order valence-electron chi connectivity index (χ0n) is 12.1. The zero-order valence-corrected chi connectivity index (χ0v) is 12.9. The number of hydrogen-bond acceptors (Lipinski definition) is 3. The van der Waals surface area contributed by atoms with E-state index in [1.165, 1.54) is 0 Å². The molecule has 0 fully saturated rings. The first-order valence-electron chi connectivity index (χ1n) is 6.60. The largest absolute Gasteiger partial charge is 0.364 e. The van der Waals surface area contributed by atoms with Crippen LogP contribution in [-0.4, -0.2) is 25.4 Å². The van der Waals surface area contributed by atoms with E-state index in [2.05, 4.69) is 45.0 Å². The van der Waals surface area contributed by atoms with Gasteiger partial charge in [-0.15, -0.1) is 0 Å². The van der Waals surface area contributed by atoms with Crippen molar-refractivity contribution in [3.63, 3.8) is 0 Å². The lowest BCUT2D eigenvalue weighted by atomic mass is 10.2. The van der Waals surface area contributed by atoms with Crippen molar-refractivity contribution in [1.29, 1.82) is 0 Å². The van der Waals surface area contributed by atoms with Gasteiger partial charge in [0.05, 0.1) is 6.21 Å². The highest BCUT2D eigenvalue weighted by atomic mass is 32.1. The Kier molecular flexibility index (Phi) is 5.29. The Morgan fingerprint density at radius 1 is 1.05 bits per heavy atom. The van der Waals surface area contributed by atoms with Crippen LogP contribution < -0.4 is 15.6 Å². The molecule has 2 rings (SSSR count). The molecular formula is C16H18N4S. The first kappa shape index (κ1) is 15.0. The summed E-state index contributed by atoms with van der Waals surface area (Å²) in [7, 11) is 3.80. The molecule has 5 heteroatoms. The van der Waals surface area contributed by atoms with Gasteiger partial charge in [0, 0.05) is 25.5 Å². The fraction of sp³-hybridized carbons (Fsp3) is 0.125. The van der Waals surface area contributed by atoms with Gasteiger partial charge in [0.15, 0.2) is 5.11 Å². The van der Waals surface area contributed by atoms with Crippen LogP contribution in [0.3, 0.4) is 0 Å². The molecule has 0 amide bonds. The lowest BCUT2D eigenvalue weighted by Crippen LogP contribution is -2.28. The summed E-state index contributed by atoms with van der Waals surface area (Å²) < 4.78 is 0. The molecule has 0 aliphatic heterocycles. The average molecular weight is 298 g/mol. The predicted molar refractivity (Wildman–Crippen MR) is 93.3 cm³/mol. The number of benzene rings is 2. The van der Waals surface area contributed by atoms with Crippen molar-refractivity contribution >= 4 is 34.9 Å². The van der Waals surface area contributed by atoms with Gasteiger partial charge in [0.1, 0.15) is 0 Å². The first-order chi connectivity index (χ1) is 10.2. The third kappa shape index (κ3) is 4.29. The Morgan fingerprint density at radius 3 is 2.29 bits per heavy atom. The monoisotopic (exact) mass is 298 g/mol. The van der Waals surface area contributed by atoms with Crippen molar-refractivity contribution in [2.45, 2.75) is 0 Å². The normalized spacial score (nSPS) is 10.4. The predicted octanol–water partition coefficient (Wildman–Crippen LogP) is 2.88. The molecule has 0 saturated heterocycles. The summed E-state index contributed by atoms with van der Waals surface area (Å²) in [6, 6.07) is 18.4. The summed E-state index contributed by atoms with van der Waals surface area (Å²) in [4.78, 5) is 2.13. The maximum absolute atomic E-state index is 4.94. The van der Waals surface area contributed by atoms with E-state index < -0.39 is 0 Å². The van der Waals surface area contributed by atoms with Crippen LogP contribution in [-0.2, 0) is 0 Å². The molecule has 0 aliphatic rings. The summed E-state index contributed by atoms with van der Waals surface area (Å²) in [5, 5.41) is 7.34. The van der Waals surface area contributed by atoms with Crippen LogP contribution in [0.2, 0.25) is 0 Å².